The summed E-state index contributed by atoms with van der Waals surface area (Å²) in [7, 11) is 0. The fraction of sp³-hybridized carbons (Fsp3) is 0.400. The van der Waals surface area contributed by atoms with Crippen LogP contribution in [0.2, 0.25) is 0 Å². The smallest absolute Gasteiger partial charge is 0.362 e. The number of carbonyl (C=O) groups is 1. The third kappa shape index (κ3) is 2.44. The maximum atomic E-state index is 12.8. The van der Waals surface area contributed by atoms with Gasteiger partial charge in [0.2, 0.25) is 0 Å². The highest BCUT2D eigenvalue weighted by Gasteiger charge is 2.39. The van der Waals surface area contributed by atoms with Crippen LogP contribution in [0.25, 0.3) is 0 Å². The molecular weight excluding hydrogens is 267 g/mol. The number of rotatable bonds is 2. The number of hydrogen-bond donors (Lipinski definition) is 0. The minimum Gasteiger partial charge on any atom is -0.362 e. The molecule has 108 valence electrons. The SMILES string of the molecule is C=CCN1c2cc(C(F)(F)F)ccc2C(=O)CC1(C)C. The summed E-state index contributed by atoms with van der Waals surface area (Å²) in [5.74, 6) is -0.126. The van der Waals surface area contributed by atoms with Crippen LogP contribution in [0, 0.1) is 0 Å². The fourth-order valence-electron chi connectivity index (χ4n) is 2.55. The highest BCUT2D eigenvalue weighted by molar-refractivity contribution is 6.04. The lowest BCUT2D eigenvalue weighted by molar-refractivity contribution is -0.137. The first-order chi connectivity index (χ1) is 9.16. The van der Waals surface area contributed by atoms with Gasteiger partial charge in [-0.2, -0.15) is 13.2 Å². The summed E-state index contributed by atoms with van der Waals surface area (Å²) in [5.41, 5.74) is -0.585. The molecule has 2 nitrogen and oxygen atoms in total. The average molecular weight is 283 g/mol. The van der Waals surface area contributed by atoms with E-state index < -0.39 is 17.3 Å². The van der Waals surface area contributed by atoms with Gasteiger partial charge in [0.1, 0.15) is 0 Å². The number of benzene rings is 1. The summed E-state index contributed by atoms with van der Waals surface area (Å²) in [6, 6.07) is 3.28. The van der Waals surface area contributed by atoms with Crippen LogP contribution >= 0.6 is 0 Å². The van der Waals surface area contributed by atoms with Crippen molar-refractivity contribution in [2.45, 2.75) is 32.0 Å². The zero-order chi connectivity index (χ0) is 15.1. The lowest BCUT2D eigenvalue weighted by Gasteiger charge is -2.44. The summed E-state index contributed by atoms with van der Waals surface area (Å²) in [5, 5.41) is 0. The molecule has 5 heteroatoms. The minimum atomic E-state index is -4.42. The van der Waals surface area contributed by atoms with E-state index in [1.807, 2.05) is 13.8 Å². The van der Waals surface area contributed by atoms with Crippen molar-refractivity contribution in [2.75, 3.05) is 11.4 Å². The van der Waals surface area contributed by atoms with Crippen molar-refractivity contribution in [3.63, 3.8) is 0 Å². The van der Waals surface area contributed by atoms with E-state index in [0.717, 1.165) is 12.1 Å². The van der Waals surface area contributed by atoms with E-state index in [4.69, 9.17) is 0 Å². The predicted octanol–water partition coefficient (Wildman–Crippen LogP) is 4.06. The first-order valence-electron chi connectivity index (χ1n) is 6.30. The Bertz CT molecular complexity index is 561. The van der Waals surface area contributed by atoms with E-state index in [0.29, 0.717) is 17.8 Å². The van der Waals surface area contributed by atoms with E-state index in [1.165, 1.54) is 6.07 Å². The Balaban J connectivity index is 2.61. The summed E-state index contributed by atoms with van der Waals surface area (Å²) >= 11 is 0. The van der Waals surface area contributed by atoms with Crippen LogP contribution in [-0.2, 0) is 6.18 Å². The van der Waals surface area contributed by atoms with Crippen LogP contribution in [0.3, 0.4) is 0 Å². The number of nitrogens with zero attached hydrogens (tertiary/aromatic N) is 1. The number of Topliss-reactive ketones (excluding diaryl/α,β-unsaturated/α-hetero) is 1. The molecule has 1 aliphatic heterocycles. The predicted molar refractivity (Wildman–Crippen MR) is 72.0 cm³/mol. The van der Waals surface area contributed by atoms with Crippen molar-refractivity contribution in [3.05, 3.63) is 42.0 Å². The van der Waals surface area contributed by atoms with Crippen molar-refractivity contribution >= 4 is 11.5 Å². The van der Waals surface area contributed by atoms with Crippen molar-refractivity contribution in [3.8, 4) is 0 Å². The summed E-state index contributed by atoms with van der Waals surface area (Å²) in [6.45, 7) is 7.72. The van der Waals surface area contributed by atoms with Gasteiger partial charge in [0.25, 0.3) is 0 Å². The Morgan fingerprint density at radius 2 is 2.05 bits per heavy atom. The lowest BCUT2D eigenvalue weighted by atomic mass is 9.85. The molecule has 0 bridgehead atoms. The number of carbonyl (C=O) groups excluding carboxylic acids is 1. The van der Waals surface area contributed by atoms with Crippen LogP contribution < -0.4 is 4.90 Å². The number of halogens is 3. The van der Waals surface area contributed by atoms with E-state index in [9.17, 15) is 18.0 Å². The zero-order valence-electron chi connectivity index (χ0n) is 11.4. The topological polar surface area (TPSA) is 20.3 Å². The summed E-state index contributed by atoms with van der Waals surface area (Å²) in [4.78, 5) is 13.9. The van der Waals surface area contributed by atoms with Crippen molar-refractivity contribution in [1.82, 2.24) is 0 Å². The Morgan fingerprint density at radius 3 is 2.60 bits per heavy atom. The van der Waals surface area contributed by atoms with E-state index >= 15 is 0 Å². The summed E-state index contributed by atoms with van der Waals surface area (Å²) < 4.78 is 38.5. The number of anilines is 1. The number of fused-ring (bicyclic) bond motifs is 1. The second-order valence-corrected chi connectivity index (χ2v) is 5.54. The average Bonchev–Trinajstić information content (AvgIpc) is 2.32. The van der Waals surface area contributed by atoms with Gasteiger partial charge in [-0.25, -0.2) is 0 Å². The number of alkyl halides is 3. The van der Waals surface area contributed by atoms with Gasteiger partial charge >= 0.3 is 6.18 Å². The Hall–Kier alpha value is -1.78. The molecule has 0 atom stereocenters. The molecule has 1 heterocycles. The van der Waals surface area contributed by atoms with Gasteiger partial charge in [0.05, 0.1) is 5.56 Å². The molecular formula is C15H16F3NO. The molecule has 0 saturated heterocycles. The minimum absolute atomic E-state index is 0.126. The lowest BCUT2D eigenvalue weighted by Crippen LogP contribution is -2.49. The molecule has 0 saturated carbocycles. The molecule has 2 rings (SSSR count). The largest absolute Gasteiger partial charge is 0.416 e. The van der Waals surface area contributed by atoms with Crippen molar-refractivity contribution in [2.24, 2.45) is 0 Å². The van der Waals surface area contributed by atoms with E-state index in [1.54, 1.807) is 11.0 Å². The summed E-state index contributed by atoms with van der Waals surface area (Å²) in [6.07, 6.45) is -2.51. The molecule has 0 aromatic heterocycles. The van der Waals surface area contributed by atoms with Gasteiger partial charge in [-0.1, -0.05) is 6.08 Å². The molecule has 1 aromatic carbocycles. The first-order valence-corrected chi connectivity index (χ1v) is 6.30. The third-order valence-electron chi connectivity index (χ3n) is 3.55. The van der Waals surface area contributed by atoms with Gasteiger partial charge in [-0.3, -0.25) is 4.79 Å². The molecule has 0 unspecified atom stereocenters. The van der Waals surface area contributed by atoms with Gasteiger partial charge in [0, 0.05) is 29.8 Å². The highest BCUT2D eigenvalue weighted by atomic mass is 19.4. The van der Waals surface area contributed by atoms with Gasteiger partial charge in [-0.15, -0.1) is 6.58 Å². The normalized spacial score (nSPS) is 17.9. The maximum Gasteiger partial charge on any atom is 0.416 e. The van der Waals surface area contributed by atoms with E-state index in [-0.39, 0.29) is 12.2 Å². The standard InChI is InChI=1S/C15H16F3NO/c1-4-7-19-12-8-10(15(16,17)18)5-6-11(12)13(20)9-14(19,2)3/h4-6,8H,1,7,9H2,2-3H3. The highest BCUT2D eigenvalue weighted by Crippen LogP contribution is 2.40. The Morgan fingerprint density at radius 1 is 1.40 bits per heavy atom. The van der Waals surface area contributed by atoms with Gasteiger partial charge in [-0.05, 0) is 32.0 Å². The molecule has 1 aliphatic rings. The molecule has 0 amide bonds. The Kier molecular flexibility index (Phi) is 3.40. The molecule has 0 N–H and O–H groups in total. The molecule has 0 aliphatic carbocycles. The van der Waals surface area contributed by atoms with E-state index in [2.05, 4.69) is 6.58 Å². The van der Waals surface area contributed by atoms with Crippen LogP contribution in [0.5, 0.6) is 0 Å². The van der Waals surface area contributed by atoms with Crippen LogP contribution in [0.1, 0.15) is 36.2 Å². The molecule has 0 spiro atoms. The molecule has 20 heavy (non-hydrogen) atoms. The quantitative estimate of drug-likeness (QED) is 0.763. The Labute approximate surface area is 115 Å². The van der Waals surface area contributed by atoms with Gasteiger partial charge < -0.3 is 4.90 Å². The van der Waals surface area contributed by atoms with Crippen LogP contribution in [0.15, 0.2) is 30.9 Å². The molecule has 0 radical (unpaired) electrons. The first kappa shape index (κ1) is 14.6. The zero-order valence-corrected chi connectivity index (χ0v) is 11.4. The van der Waals surface area contributed by atoms with Crippen molar-refractivity contribution < 1.29 is 18.0 Å². The maximum absolute atomic E-state index is 12.8. The monoisotopic (exact) mass is 283 g/mol. The van der Waals surface area contributed by atoms with Crippen LogP contribution in [0.4, 0.5) is 18.9 Å². The second kappa shape index (κ2) is 4.65. The fourth-order valence-corrected chi connectivity index (χ4v) is 2.55. The number of ketones is 1. The third-order valence-corrected chi connectivity index (χ3v) is 3.55. The molecule has 0 fully saturated rings. The van der Waals surface area contributed by atoms with Crippen LogP contribution in [-0.4, -0.2) is 17.9 Å². The molecule has 1 aromatic rings. The number of hydrogen-bond acceptors (Lipinski definition) is 2. The second-order valence-electron chi connectivity index (χ2n) is 5.54. The van der Waals surface area contributed by atoms with Gasteiger partial charge in [0.15, 0.2) is 5.78 Å². The van der Waals surface area contributed by atoms with Crippen molar-refractivity contribution in [1.29, 1.82) is 0 Å².